The molecule has 1 aromatic rings. The first-order chi connectivity index (χ1) is 6.68. The van der Waals surface area contributed by atoms with Crippen LogP contribution in [0.4, 0.5) is 5.69 Å². The van der Waals surface area contributed by atoms with Crippen molar-refractivity contribution in [2.75, 3.05) is 10.8 Å². The van der Waals surface area contributed by atoms with Crippen molar-refractivity contribution in [3.63, 3.8) is 0 Å². The fraction of sp³-hybridized carbons (Fsp3) is 0.222. The summed E-state index contributed by atoms with van der Waals surface area (Å²) in [6.45, 7) is 0. The highest BCUT2D eigenvalue weighted by molar-refractivity contribution is 14.1. The Bertz CT molecular complexity index is 372. The molecule has 1 atom stereocenters. The Hall–Kier alpha value is -0.270. The maximum atomic E-state index is 11.5. The summed E-state index contributed by atoms with van der Waals surface area (Å²) >= 11 is 3.44. The molecule has 14 heavy (non-hydrogen) atoms. The van der Waals surface area contributed by atoms with E-state index in [2.05, 4.69) is 22.6 Å². The van der Waals surface area contributed by atoms with E-state index in [1.54, 1.807) is 4.90 Å². The normalized spacial score (nSPS) is 21.7. The molecule has 2 rings (SSSR count). The van der Waals surface area contributed by atoms with Gasteiger partial charge in [-0.15, -0.1) is 0 Å². The number of anilines is 1. The van der Waals surface area contributed by atoms with Crippen LogP contribution in [0.2, 0.25) is 0 Å². The van der Waals surface area contributed by atoms with Gasteiger partial charge in [0.15, 0.2) is 5.44 Å². The van der Waals surface area contributed by atoms with Gasteiger partial charge in [0, 0.05) is 9.26 Å². The minimum absolute atomic E-state index is 0.225. The zero-order valence-corrected chi connectivity index (χ0v) is 10.2. The van der Waals surface area contributed by atoms with E-state index in [0.29, 0.717) is 5.88 Å². The number of nitrogens with zero attached hydrogens (tertiary/aromatic N) is 1. The van der Waals surface area contributed by atoms with Gasteiger partial charge in [-0.25, -0.2) is 0 Å². The van der Waals surface area contributed by atoms with E-state index in [1.165, 1.54) is 11.8 Å². The van der Waals surface area contributed by atoms with Crippen LogP contribution in [0.5, 0.6) is 0 Å². The van der Waals surface area contributed by atoms with E-state index in [9.17, 15) is 9.90 Å². The first kappa shape index (κ1) is 10.3. The Morgan fingerprint density at radius 1 is 1.57 bits per heavy atom. The monoisotopic (exact) mass is 321 g/mol. The Kier molecular flexibility index (Phi) is 2.99. The van der Waals surface area contributed by atoms with Gasteiger partial charge in [-0.1, -0.05) is 17.8 Å². The van der Waals surface area contributed by atoms with Gasteiger partial charge < -0.3 is 5.11 Å². The fourth-order valence-electron chi connectivity index (χ4n) is 1.26. The number of carbonyl (C=O) groups is 1. The van der Waals surface area contributed by atoms with Crippen LogP contribution < -0.4 is 4.90 Å². The van der Waals surface area contributed by atoms with Crippen molar-refractivity contribution in [3.8, 4) is 0 Å². The number of carbonyl (C=O) groups excluding carboxylic acids is 1. The van der Waals surface area contributed by atoms with Gasteiger partial charge in [0.25, 0.3) is 5.91 Å². The molecule has 1 aliphatic rings. The van der Waals surface area contributed by atoms with Gasteiger partial charge in [-0.3, -0.25) is 9.69 Å². The average molecular weight is 321 g/mol. The summed E-state index contributed by atoms with van der Waals surface area (Å²) in [5.74, 6) is 0.303. The van der Waals surface area contributed by atoms with Crippen molar-refractivity contribution in [2.24, 2.45) is 0 Å². The number of hydrogen-bond acceptors (Lipinski definition) is 3. The number of hydrogen-bond donors (Lipinski definition) is 1. The second-order valence-electron chi connectivity index (χ2n) is 2.89. The van der Waals surface area contributed by atoms with Crippen molar-refractivity contribution in [2.45, 2.75) is 5.44 Å². The van der Waals surface area contributed by atoms with E-state index in [1.807, 2.05) is 24.3 Å². The highest BCUT2D eigenvalue weighted by Gasteiger charge is 2.31. The van der Waals surface area contributed by atoms with Crippen LogP contribution in [0.1, 0.15) is 0 Å². The summed E-state index contributed by atoms with van der Waals surface area (Å²) in [5, 5.41) is 9.27. The van der Waals surface area contributed by atoms with Crippen LogP contribution >= 0.6 is 34.4 Å². The predicted molar refractivity (Wildman–Crippen MR) is 65.1 cm³/mol. The lowest BCUT2D eigenvalue weighted by molar-refractivity contribution is -0.121. The lowest BCUT2D eigenvalue weighted by Gasteiger charge is -2.14. The number of aliphatic hydroxyl groups is 1. The molecule has 0 spiro atoms. The standard InChI is InChI=1S/C9H8INO2S/c10-6-2-1-3-7(4-6)11-5-14-9(13)8(11)12/h1-4,9,13H,5H2. The van der Waals surface area contributed by atoms with Crippen LogP contribution in [0.3, 0.4) is 0 Å². The summed E-state index contributed by atoms with van der Waals surface area (Å²) in [6.07, 6.45) is 0. The smallest absolute Gasteiger partial charge is 0.267 e. The van der Waals surface area contributed by atoms with Gasteiger partial charge in [0.1, 0.15) is 0 Å². The van der Waals surface area contributed by atoms with Gasteiger partial charge in [0.05, 0.1) is 5.88 Å². The molecule has 74 valence electrons. The molecule has 0 saturated carbocycles. The number of halogens is 1. The fourth-order valence-corrected chi connectivity index (χ4v) is 2.62. The zero-order valence-electron chi connectivity index (χ0n) is 7.18. The molecule has 0 aromatic heterocycles. The Labute approximate surface area is 99.6 Å². The summed E-state index contributed by atoms with van der Waals surface area (Å²) in [5.41, 5.74) is -0.0428. The van der Waals surface area contributed by atoms with Crippen molar-refractivity contribution < 1.29 is 9.90 Å². The number of thioether (sulfide) groups is 1. The molecular weight excluding hydrogens is 313 g/mol. The van der Waals surface area contributed by atoms with E-state index >= 15 is 0 Å². The first-order valence-corrected chi connectivity index (χ1v) is 6.18. The van der Waals surface area contributed by atoms with Crippen LogP contribution in [0, 0.1) is 3.57 Å². The number of benzene rings is 1. The number of amides is 1. The number of aliphatic hydroxyl groups excluding tert-OH is 1. The van der Waals surface area contributed by atoms with Gasteiger partial charge in [-0.05, 0) is 40.8 Å². The third kappa shape index (κ3) is 1.89. The van der Waals surface area contributed by atoms with Crippen molar-refractivity contribution in [1.82, 2.24) is 0 Å². The molecule has 0 radical (unpaired) electrons. The zero-order chi connectivity index (χ0) is 10.1. The molecule has 1 fully saturated rings. The largest absolute Gasteiger partial charge is 0.373 e. The Morgan fingerprint density at radius 2 is 2.36 bits per heavy atom. The molecule has 1 heterocycles. The maximum Gasteiger partial charge on any atom is 0.267 e. The molecule has 3 nitrogen and oxygen atoms in total. The van der Waals surface area contributed by atoms with Crippen LogP contribution in [-0.4, -0.2) is 22.3 Å². The maximum absolute atomic E-state index is 11.5. The topological polar surface area (TPSA) is 40.5 Å². The summed E-state index contributed by atoms with van der Waals surface area (Å²) in [6, 6.07) is 7.67. The Balaban J connectivity index is 2.28. The van der Waals surface area contributed by atoms with E-state index in [0.717, 1.165) is 9.26 Å². The SMILES string of the molecule is O=C1C(O)SCN1c1cccc(I)c1. The number of rotatable bonds is 1. The molecule has 0 aliphatic carbocycles. The molecule has 1 aromatic carbocycles. The highest BCUT2D eigenvalue weighted by Crippen LogP contribution is 2.28. The molecule has 1 unspecified atom stereocenters. The predicted octanol–water partition coefficient (Wildman–Crippen LogP) is 1.65. The van der Waals surface area contributed by atoms with Crippen LogP contribution in [0.25, 0.3) is 0 Å². The lowest BCUT2D eigenvalue weighted by atomic mass is 10.3. The quantitative estimate of drug-likeness (QED) is 0.800. The third-order valence-electron chi connectivity index (χ3n) is 1.96. The molecular formula is C9H8INO2S. The van der Waals surface area contributed by atoms with Gasteiger partial charge in [0.2, 0.25) is 0 Å². The van der Waals surface area contributed by atoms with E-state index in [4.69, 9.17) is 0 Å². The van der Waals surface area contributed by atoms with Crippen molar-refractivity contribution in [3.05, 3.63) is 27.8 Å². The summed E-state index contributed by atoms with van der Waals surface area (Å²) in [7, 11) is 0. The van der Waals surface area contributed by atoms with Gasteiger partial charge >= 0.3 is 0 Å². The second-order valence-corrected chi connectivity index (χ2v) is 5.18. The summed E-state index contributed by atoms with van der Waals surface area (Å²) < 4.78 is 1.08. The lowest BCUT2D eigenvalue weighted by Crippen LogP contribution is -2.28. The third-order valence-corrected chi connectivity index (χ3v) is 3.55. The minimum atomic E-state index is -0.895. The van der Waals surface area contributed by atoms with Crippen LogP contribution in [0.15, 0.2) is 24.3 Å². The van der Waals surface area contributed by atoms with E-state index < -0.39 is 5.44 Å². The highest BCUT2D eigenvalue weighted by atomic mass is 127. The first-order valence-electron chi connectivity index (χ1n) is 4.05. The van der Waals surface area contributed by atoms with E-state index in [-0.39, 0.29) is 5.91 Å². The minimum Gasteiger partial charge on any atom is -0.373 e. The molecule has 1 amide bonds. The van der Waals surface area contributed by atoms with Gasteiger partial charge in [-0.2, -0.15) is 0 Å². The van der Waals surface area contributed by atoms with Crippen molar-refractivity contribution in [1.29, 1.82) is 0 Å². The molecule has 0 bridgehead atoms. The van der Waals surface area contributed by atoms with Crippen molar-refractivity contribution >= 4 is 45.9 Å². The Morgan fingerprint density at radius 3 is 2.93 bits per heavy atom. The van der Waals surface area contributed by atoms with Crippen LogP contribution in [-0.2, 0) is 4.79 Å². The molecule has 1 N–H and O–H groups in total. The molecule has 1 aliphatic heterocycles. The summed E-state index contributed by atoms with van der Waals surface area (Å²) in [4.78, 5) is 13.1. The average Bonchev–Trinajstić information content (AvgIpc) is 2.48. The second kappa shape index (κ2) is 4.08. The molecule has 5 heteroatoms. The molecule has 1 saturated heterocycles.